The Balaban J connectivity index is 2.49. The van der Waals surface area contributed by atoms with Crippen molar-refractivity contribution in [3.63, 3.8) is 0 Å². The second-order valence-corrected chi connectivity index (χ2v) is 3.52. The van der Waals surface area contributed by atoms with Crippen molar-refractivity contribution >= 4 is 17.7 Å². The third kappa shape index (κ3) is 2.57. The lowest BCUT2D eigenvalue weighted by Crippen LogP contribution is -2.43. The van der Waals surface area contributed by atoms with Gasteiger partial charge in [-0.1, -0.05) is 0 Å². The maximum Gasteiger partial charge on any atom is 0.268 e. The molecule has 0 aromatic heterocycles. The van der Waals surface area contributed by atoms with Crippen molar-refractivity contribution in [2.75, 3.05) is 24.6 Å². The van der Waals surface area contributed by atoms with Crippen LogP contribution in [-0.2, 0) is 0 Å². The van der Waals surface area contributed by atoms with Crippen LogP contribution in [0.4, 0.5) is 0 Å². The molecule has 0 aromatic rings. The minimum absolute atomic E-state index is 0.0142. The molecular weight excluding hydrogens is 180 g/mol. The standard InChI is InChI=1S/C5H10N4O2S/c6-5(7-9(10)11)8-1-3-12-4-2-8/h1-4H2,(H2,6,7). The SMILES string of the molecule is N/C(=N\[N+](=O)[O-])N1CCSCC1. The van der Waals surface area contributed by atoms with Gasteiger partial charge in [0.25, 0.3) is 5.96 Å². The normalized spacial score (nSPS) is 19.3. The van der Waals surface area contributed by atoms with Gasteiger partial charge < -0.3 is 10.6 Å². The summed E-state index contributed by atoms with van der Waals surface area (Å²) in [6, 6.07) is 0. The summed E-state index contributed by atoms with van der Waals surface area (Å²) in [5.41, 5.74) is 5.37. The van der Waals surface area contributed by atoms with Crippen LogP contribution in [0.5, 0.6) is 0 Å². The first-order valence-electron chi connectivity index (χ1n) is 3.51. The number of hydrazone groups is 1. The quantitative estimate of drug-likeness (QED) is 0.262. The Bertz CT molecular complexity index is 202. The van der Waals surface area contributed by atoms with E-state index in [1.807, 2.05) is 11.8 Å². The first kappa shape index (κ1) is 9.11. The molecule has 12 heavy (non-hydrogen) atoms. The van der Waals surface area contributed by atoms with Gasteiger partial charge in [0.2, 0.25) is 0 Å². The average molecular weight is 190 g/mol. The van der Waals surface area contributed by atoms with Crippen molar-refractivity contribution in [3.8, 4) is 0 Å². The van der Waals surface area contributed by atoms with Gasteiger partial charge in [0.1, 0.15) is 5.10 Å². The first-order valence-corrected chi connectivity index (χ1v) is 4.67. The Morgan fingerprint density at radius 2 is 2.17 bits per heavy atom. The number of thioether (sulfide) groups is 1. The summed E-state index contributed by atoms with van der Waals surface area (Å²) in [5, 5.41) is 12.2. The van der Waals surface area contributed by atoms with E-state index in [9.17, 15) is 10.1 Å². The highest BCUT2D eigenvalue weighted by molar-refractivity contribution is 7.99. The molecule has 0 spiro atoms. The third-order valence-corrected chi connectivity index (χ3v) is 2.46. The lowest BCUT2D eigenvalue weighted by atomic mass is 10.5. The molecule has 1 fully saturated rings. The number of rotatable bonds is 1. The van der Waals surface area contributed by atoms with Crippen molar-refractivity contribution < 1.29 is 5.03 Å². The van der Waals surface area contributed by atoms with Crippen molar-refractivity contribution in [1.82, 2.24) is 4.90 Å². The molecule has 0 atom stereocenters. The number of nitrogens with two attached hydrogens (primary N) is 1. The fraction of sp³-hybridized carbons (Fsp3) is 0.800. The summed E-state index contributed by atoms with van der Waals surface area (Å²) in [5.74, 6) is 1.92. The second kappa shape index (κ2) is 4.15. The van der Waals surface area contributed by atoms with Crippen molar-refractivity contribution in [2.24, 2.45) is 10.8 Å². The molecular formula is C5H10N4O2S. The molecule has 68 valence electrons. The van der Waals surface area contributed by atoms with Crippen LogP contribution >= 0.6 is 11.8 Å². The molecule has 1 saturated heterocycles. The molecule has 0 saturated carbocycles. The van der Waals surface area contributed by atoms with Gasteiger partial charge in [-0.05, 0) is 0 Å². The first-order chi connectivity index (χ1) is 5.70. The van der Waals surface area contributed by atoms with E-state index in [1.165, 1.54) is 0 Å². The number of nitro groups is 1. The van der Waals surface area contributed by atoms with E-state index in [-0.39, 0.29) is 5.96 Å². The summed E-state index contributed by atoms with van der Waals surface area (Å²) in [6.07, 6.45) is 0. The fourth-order valence-electron chi connectivity index (χ4n) is 0.939. The molecule has 1 rings (SSSR count). The maximum absolute atomic E-state index is 9.96. The van der Waals surface area contributed by atoms with Gasteiger partial charge in [-0.2, -0.15) is 11.8 Å². The number of guanidine groups is 1. The van der Waals surface area contributed by atoms with Gasteiger partial charge in [0.15, 0.2) is 5.03 Å². The number of nitrogens with zero attached hydrogens (tertiary/aromatic N) is 3. The molecule has 0 amide bonds. The van der Waals surface area contributed by atoms with Crippen molar-refractivity contribution in [2.45, 2.75) is 0 Å². The van der Waals surface area contributed by atoms with Crippen molar-refractivity contribution in [3.05, 3.63) is 10.1 Å². The summed E-state index contributed by atoms with van der Waals surface area (Å²) in [7, 11) is 0. The zero-order chi connectivity index (χ0) is 8.97. The molecule has 0 bridgehead atoms. The van der Waals surface area contributed by atoms with E-state index in [0.717, 1.165) is 24.6 Å². The Morgan fingerprint density at radius 1 is 1.58 bits per heavy atom. The number of hydrogen-bond acceptors (Lipinski definition) is 3. The van der Waals surface area contributed by atoms with E-state index < -0.39 is 5.03 Å². The molecule has 1 aliphatic heterocycles. The Hall–Kier alpha value is -0.980. The van der Waals surface area contributed by atoms with Crippen LogP contribution in [0.2, 0.25) is 0 Å². The van der Waals surface area contributed by atoms with E-state index >= 15 is 0 Å². The topological polar surface area (TPSA) is 84.8 Å². The lowest BCUT2D eigenvalue weighted by molar-refractivity contribution is -0.485. The molecule has 0 radical (unpaired) electrons. The van der Waals surface area contributed by atoms with E-state index in [0.29, 0.717) is 0 Å². The van der Waals surface area contributed by atoms with E-state index in [1.54, 1.807) is 4.90 Å². The lowest BCUT2D eigenvalue weighted by Gasteiger charge is -2.25. The van der Waals surface area contributed by atoms with Gasteiger partial charge in [-0.15, -0.1) is 0 Å². The van der Waals surface area contributed by atoms with Gasteiger partial charge in [-0.25, -0.2) is 10.1 Å². The summed E-state index contributed by atoms with van der Waals surface area (Å²) in [6.45, 7) is 1.49. The summed E-state index contributed by atoms with van der Waals surface area (Å²) >= 11 is 1.81. The van der Waals surface area contributed by atoms with Gasteiger partial charge in [0, 0.05) is 24.6 Å². The predicted octanol–water partition coefficient (Wildman–Crippen LogP) is -0.458. The zero-order valence-electron chi connectivity index (χ0n) is 6.47. The van der Waals surface area contributed by atoms with Crippen LogP contribution in [0.15, 0.2) is 5.10 Å². The van der Waals surface area contributed by atoms with Crippen LogP contribution in [0, 0.1) is 10.1 Å². The highest BCUT2D eigenvalue weighted by Crippen LogP contribution is 2.08. The van der Waals surface area contributed by atoms with Gasteiger partial charge in [-0.3, -0.25) is 0 Å². The molecule has 0 aliphatic carbocycles. The van der Waals surface area contributed by atoms with Crippen LogP contribution in [-0.4, -0.2) is 40.5 Å². The Labute approximate surface area is 73.9 Å². The Kier molecular flexibility index (Phi) is 3.15. The molecule has 2 N–H and O–H groups in total. The molecule has 7 heteroatoms. The van der Waals surface area contributed by atoms with Crippen LogP contribution < -0.4 is 5.73 Å². The predicted molar refractivity (Wildman–Crippen MR) is 47.5 cm³/mol. The minimum atomic E-state index is -0.767. The molecule has 6 nitrogen and oxygen atoms in total. The molecule has 1 heterocycles. The molecule has 0 aromatic carbocycles. The monoisotopic (exact) mass is 190 g/mol. The highest BCUT2D eigenvalue weighted by Gasteiger charge is 2.14. The fourth-order valence-corrected chi connectivity index (χ4v) is 1.84. The largest absolute Gasteiger partial charge is 0.365 e. The van der Waals surface area contributed by atoms with Crippen LogP contribution in [0.25, 0.3) is 0 Å². The molecule has 0 unspecified atom stereocenters. The summed E-state index contributed by atoms with van der Waals surface area (Å²) in [4.78, 5) is 11.7. The van der Waals surface area contributed by atoms with E-state index in [2.05, 4.69) is 5.10 Å². The second-order valence-electron chi connectivity index (χ2n) is 2.30. The van der Waals surface area contributed by atoms with Gasteiger partial charge >= 0.3 is 0 Å². The Morgan fingerprint density at radius 3 is 2.67 bits per heavy atom. The smallest absolute Gasteiger partial charge is 0.268 e. The maximum atomic E-state index is 9.96. The average Bonchev–Trinajstić information content (AvgIpc) is 2.05. The zero-order valence-corrected chi connectivity index (χ0v) is 7.29. The summed E-state index contributed by atoms with van der Waals surface area (Å²) < 4.78 is 0. The number of hydrogen-bond donors (Lipinski definition) is 1. The van der Waals surface area contributed by atoms with Gasteiger partial charge in [0.05, 0.1) is 0 Å². The van der Waals surface area contributed by atoms with E-state index in [4.69, 9.17) is 5.73 Å². The molecule has 1 aliphatic rings. The highest BCUT2D eigenvalue weighted by atomic mass is 32.2. The van der Waals surface area contributed by atoms with Crippen LogP contribution in [0.1, 0.15) is 0 Å². The van der Waals surface area contributed by atoms with Crippen molar-refractivity contribution in [1.29, 1.82) is 0 Å². The minimum Gasteiger partial charge on any atom is -0.365 e. The third-order valence-electron chi connectivity index (χ3n) is 1.52. The van der Waals surface area contributed by atoms with Crippen LogP contribution in [0.3, 0.4) is 0 Å².